The summed E-state index contributed by atoms with van der Waals surface area (Å²) in [5.74, 6) is 0.908. The van der Waals surface area contributed by atoms with Crippen LogP contribution in [0.1, 0.15) is 0 Å². The molecule has 0 bridgehead atoms. The quantitative estimate of drug-likeness (QED) is 0.193. The van der Waals surface area contributed by atoms with Gasteiger partial charge in [-0.05, 0) is 65.7 Å². The fraction of sp³-hybridized carbons (Fsp3) is 0. The summed E-state index contributed by atoms with van der Waals surface area (Å²) in [4.78, 5) is 5.43. The second-order valence-corrected chi connectivity index (χ2v) is 13.1. The van der Waals surface area contributed by atoms with Crippen molar-refractivity contribution in [1.29, 1.82) is 0 Å². The molecule has 220 valence electrons. The van der Waals surface area contributed by atoms with Crippen LogP contribution in [0.3, 0.4) is 0 Å². The Labute approximate surface area is 275 Å². The van der Waals surface area contributed by atoms with E-state index in [4.69, 9.17) is 4.98 Å². The smallest absolute Gasteiger partial charge is 0.138 e. The molecular formula is C43H27N3S. The lowest BCUT2D eigenvalue weighted by Crippen LogP contribution is -2.00. The Morgan fingerprint density at radius 1 is 0.447 bits per heavy atom. The minimum Gasteiger partial charge on any atom is -0.316 e. The van der Waals surface area contributed by atoms with Gasteiger partial charge in [0.25, 0.3) is 0 Å². The van der Waals surface area contributed by atoms with Crippen molar-refractivity contribution in [2.45, 2.75) is 0 Å². The Bertz CT molecular complexity index is 2710. The van der Waals surface area contributed by atoms with E-state index >= 15 is 0 Å². The lowest BCUT2D eigenvalue weighted by Gasteiger charge is -2.13. The number of para-hydroxylation sites is 1. The van der Waals surface area contributed by atoms with Gasteiger partial charge in [-0.3, -0.25) is 4.57 Å². The van der Waals surface area contributed by atoms with Crippen LogP contribution >= 0.6 is 11.3 Å². The van der Waals surface area contributed by atoms with Crippen molar-refractivity contribution in [3.8, 4) is 33.9 Å². The SMILES string of the molecule is c1ccc(-c2cc(-c3ccccc3)nc(-n3c4cc5sc6ccccc6c5cc4c4ccc5c(ccn5-c5ccccc5)c43)c2)cc1. The monoisotopic (exact) mass is 617 g/mol. The van der Waals surface area contributed by atoms with Crippen molar-refractivity contribution in [2.24, 2.45) is 0 Å². The van der Waals surface area contributed by atoms with E-state index in [9.17, 15) is 0 Å². The predicted octanol–water partition coefficient (Wildman–Crippen LogP) is 11.8. The number of nitrogens with zero attached hydrogens (tertiary/aromatic N) is 3. The van der Waals surface area contributed by atoms with Crippen LogP contribution in [0.5, 0.6) is 0 Å². The Balaban J connectivity index is 1.35. The zero-order valence-corrected chi connectivity index (χ0v) is 26.2. The van der Waals surface area contributed by atoms with Crippen LogP contribution in [0.4, 0.5) is 0 Å². The largest absolute Gasteiger partial charge is 0.316 e. The van der Waals surface area contributed by atoms with Gasteiger partial charge in [-0.1, -0.05) is 103 Å². The summed E-state index contributed by atoms with van der Waals surface area (Å²) in [7, 11) is 0. The zero-order valence-electron chi connectivity index (χ0n) is 25.3. The number of thiophene rings is 1. The third kappa shape index (κ3) is 4.09. The second kappa shape index (κ2) is 10.3. The summed E-state index contributed by atoms with van der Waals surface area (Å²) in [6.45, 7) is 0. The maximum atomic E-state index is 5.43. The van der Waals surface area contributed by atoms with Gasteiger partial charge in [-0.2, -0.15) is 0 Å². The Morgan fingerprint density at radius 2 is 1.17 bits per heavy atom. The highest BCUT2D eigenvalue weighted by Crippen LogP contribution is 2.43. The van der Waals surface area contributed by atoms with Crippen LogP contribution in [-0.4, -0.2) is 14.1 Å². The molecule has 0 spiro atoms. The summed E-state index contributed by atoms with van der Waals surface area (Å²) >= 11 is 1.86. The van der Waals surface area contributed by atoms with Crippen molar-refractivity contribution < 1.29 is 0 Å². The Morgan fingerprint density at radius 3 is 1.98 bits per heavy atom. The van der Waals surface area contributed by atoms with Crippen molar-refractivity contribution in [3.05, 3.63) is 164 Å². The van der Waals surface area contributed by atoms with E-state index in [1.165, 1.54) is 52.9 Å². The number of hydrogen-bond donors (Lipinski definition) is 0. The van der Waals surface area contributed by atoms with Crippen LogP contribution in [0.15, 0.2) is 164 Å². The maximum Gasteiger partial charge on any atom is 0.138 e. The van der Waals surface area contributed by atoms with E-state index in [2.05, 4.69) is 173 Å². The van der Waals surface area contributed by atoms with Crippen molar-refractivity contribution in [3.63, 3.8) is 0 Å². The molecule has 0 aliphatic rings. The highest BCUT2D eigenvalue weighted by Gasteiger charge is 2.21. The number of rotatable bonds is 4. The number of hydrogen-bond acceptors (Lipinski definition) is 2. The average Bonchev–Trinajstić information content (AvgIpc) is 3.83. The van der Waals surface area contributed by atoms with Gasteiger partial charge in [0.05, 0.1) is 22.2 Å². The summed E-state index contributed by atoms with van der Waals surface area (Å²) in [6.07, 6.45) is 2.19. The summed E-state index contributed by atoms with van der Waals surface area (Å²) in [5, 5.41) is 6.27. The molecule has 0 aliphatic carbocycles. The molecule has 0 N–H and O–H groups in total. The third-order valence-corrected chi connectivity index (χ3v) is 10.5. The van der Waals surface area contributed by atoms with Crippen LogP contribution < -0.4 is 0 Å². The van der Waals surface area contributed by atoms with Gasteiger partial charge in [-0.15, -0.1) is 11.3 Å². The van der Waals surface area contributed by atoms with E-state index in [0.29, 0.717) is 0 Å². The summed E-state index contributed by atoms with van der Waals surface area (Å²) < 4.78 is 7.28. The molecule has 0 saturated heterocycles. The second-order valence-electron chi connectivity index (χ2n) is 12.0. The zero-order chi connectivity index (χ0) is 30.9. The number of benzene rings is 6. The highest BCUT2D eigenvalue weighted by molar-refractivity contribution is 7.25. The molecule has 0 aliphatic heterocycles. The summed E-state index contributed by atoms with van der Waals surface area (Å²) in [6, 6.07) is 56.6. The molecule has 0 saturated carbocycles. The molecule has 47 heavy (non-hydrogen) atoms. The maximum absolute atomic E-state index is 5.43. The highest BCUT2D eigenvalue weighted by atomic mass is 32.1. The van der Waals surface area contributed by atoms with Crippen LogP contribution in [0, 0.1) is 0 Å². The van der Waals surface area contributed by atoms with Crippen molar-refractivity contribution in [2.75, 3.05) is 0 Å². The molecule has 0 radical (unpaired) electrons. The van der Waals surface area contributed by atoms with E-state index in [0.717, 1.165) is 33.8 Å². The molecule has 4 heterocycles. The van der Waals surface area contributed by atoms with Crippen molar-refractivity contribution >= 4 is 64.2 Å². The molecule has 10 aromatic rings. The molecule has 0 fully saturated rings. The van der Waals surface area contributed by atoms with Crippen molar-refractivity contribution in [1.82, 2.24) is 14.1 Å². The number of fused-ring (bicyclic) bond motifs is 8. The van der Waals surface area contributed by atoms with Gasteiger partial charge in [0.2, 0.25) is 0 Å². The minimum atomic E-state index is 0.908. The first kappa shape index (κ1) is 26.3. The lowest BCUT2D eigenvalue weighted by molar-refractivity contribution is 1.09. The lowest BCUT2D eigenvalue weighted by atomic mass is 10.0. The molecule has 4 aromatic heterocycles. The number of aromatic nitrogens is 3. The van der Waals surface area contributed by atoms with E-state index < -0.39 is 0 Å². The molecule has 0 unspecified atom stereocenters. The molecule has 6 aromatic carbocycles. The normalized spacial score (nSPS) is 11.8. The van der Waals surface area contributed by atoms with Gasteiger partial charge < -0.3 is 4.57 Å². The standard InChI is InChI=1S/C43H27N3S/c1-4-12-28(13-5-1)30-24-37(29-14-6-2-7-15-29)44-42(25-30)46-39-27-41-36(32-18-10-11-19-40(32)47-41)26-35(39)33-20-21-38-34(43(33)46)22-23-45(38)31-16-8-3-9-17-31/h1-27H. The molecule has 10 rings (SSSR count). The topological polar surface area (TPSA) is 22.8 Å². The first-order valence-corrected chi connectivity index (χ1v) is 16.7. The minimum absolute atomic E-state index is 0.908. The van der Waals surface area contributed by atoms with Gasteiger partial charge in [0.15, 0.2) is 0 Å². The van der Waals surface area contributed by atoms with Gasteiger partial charge in [0.1, 0.15) is 5.82 Å². The predicted molar refractivity (Wildman–Crippen MR) is 199 cm³/mol. The van der Waals surface area contributed by atoms with Crippen LogP contribution in [-0.2, 0) is 0 Å². The summed E-state index contributed by atoms with van der Waals surface area (Å²) in [5.41, 5.74) is 9.01. The van der Waals surface area contributed by atoms with E-state index in [1.54, 1.807) is 0 Å². The average molecular weight is 618 g/mol. The van der Waals surface area contributed by atoms with Crippen LogP contribution in [0.2, 0.25) is 0 Å². The van der Waals surface area contributed by atoms with Crippen LogP contribution in [0.25, 0.3) is 86.8 Å². The van der Waals surface area contributed by atoms with E-state index in [1.807, 2.05) is 11.3 Å². The third-order valence-electron chi connectivity index (χ3n) is 9.35. The molecule has 4 heteroatoms. The number of pyridine rings is 1. The first-order valence-electron chi connectivity index (χ1n) is 15.9. The fourth-order valence-electron chi connectivity index (χ4n) is 7.18. The molecule has 0 atom stereocenters. The van der Waals surface area contributed by atoms with Gasteiger partial charge in [-0.25, -0.2) is 4.98 Å². The van der Waals surface area contributed by atoms with Gasteiger partial charge >= 0.3 is 0 Å². The van der Waals surface area contributed by atoms with E-state index in [-0.39, 0.29) is 0 Å². The molecular weight excluding hydrogens is 591 g/mol. The molecule has 0 amide bonds. The first-order chi connectivity index (χ1) is 23.3. The fourth-order valence-corrected chi connectivity index (χ4v) is 8.30. The Hall–Kier alpha value is -5.97. The molecule has 3 nitrogen and oxygen atoms in total. The Kier molecular flexibility index (Phi) is 5.74. The van der Waals surface area contributed by atoms with Gasteiger partial charge in [0, 0.05) is 53.8 Å².